The van der Waals surface area contributed by atoms with E-state index in [2.05, 4.69) is 5.32 Å². The van der Waals surface area contributed by atoms with E-state index < -0.39 is 18.1 Å². The molecule has 18 heavy (non-hydrogen) atoms. The van der Waals surface area contributed by atoms with Crippen molar-refractivity contribution in [3.8, 4) is 6.07 Å². The van der Waals surface area contributed by atoms with E-state index in [1.807, 2.05) is 0 Å². The van der Waals surface area contributed by atoms with Crippen LogP contribution in [-0.2, 0) is 9.53 Å². The van der Waals surface area contributed by atoms with E-state index in [1.54, 1.807) is 36.4 Å². The maximum absolute atomic E-state index is 11.7. The molecule has 5 heteroatoms. The molecule has 0 bridgehead atoms. The normalized spacial score (nSPS) is 12.9. The van der Waals surface area contributed by atoms with Crippen LogP contribution in [-0.4, -0.2) is 24.0 Å². The van der Waals surface area contributed by atoms with Gasteiger partial charge in [0.15, 0.2) is 6.10 Å². The first-order valence-corrected chi connectivity index (χ1v) is 5.50. The molecule has 0 radical (unpaired) electrons. The van der Waals surface area contributed by atoms with Gasteiger partial charge in [0.2, 0.25) is 0 Å². The first-order valence-electron chi connectivity index (χ1n) is 5.50. The summed E-state index contributed by atoms with van der Waals surface area (Å²) in [5, 5.41) is 11.0. The summed E-state index contributed by atoms with van der Waals surface area (Å²) >= 11 is 0. The molecule has 1 aromatic rings. The van der Waals surface area contributed by atoms with Gasteiger partial charge in [-0.1, -0.05) is 18.2 Å². The molecule has 0 aromatic heterocycles. The van der Waals surface area contributed by atoms with Crippen molar-refractivity contribution >= 4 is 11.9 Å². The lowest BCUT2D eigenvalue weighted by atomic mass is 10.2. The number of hydrogen-bond donors (Lipinski definition) is 1. The number of hydrogen-bond acceptors (Lipinski definition) is 4. The smallest absolute Gasteiger partial charge is 0.329 e. The minimum Gasteiger partial charge on any atom is -0.446 e. The van der Waals surface area contributed by atoms with Gasteiger partial charge in [-0.25, -0.2) is 4.79 Å². The van der Waals surface area contributed by atoms with Gasteiger partial charge in [0.1, 0.15) is 12.1 Å². The largest absolute Gasteiger partial charge is 0.446 e. The van der Waals surface area contributed by atoms with Crippen molar-refractivity contribution in [3.05, 3.63) is 35.9 Å². The quantitative estimate of drug-likeness (QED) is 0.811. The van der Waals surface area contributed by atoms with Crippen molar-refractivity contribution in [1.29, 1.82) is 5.26 Å². The molecule has 0 aliphatic carbocycles. The summed E-state index contributed by atoms with van der Waals surface area (Å²) < 4.78 is 4.78. The van der Waals surface area contributed by atoms with Gasteiger partial charge in [-0.15, -0.1) is 0 Å². The Morgan fingerprint density at radius 1 is 1.28 bits per heavy atom. The molecule has 0 spiro atoms. The number of rotatable bonds is 4. The molecule has 1 amide bonds. The van der Waals surface area contributed by atoms with Crippen LogP contribution in [0, 0.1) is 11.3 Å². The van der Waals surface area contributed by atoms with Crippen LogP contribution < -0.4 is 5.32 Å². The zero-order valence-corrected chi connectivity index (χ0v) is 10.2. The molecule has 94 valence electrons. The van der Waals surface area contributed by atoms with Gasteiger partial charge in [0.05, 0.1) is 0 Å². The predicted octanol–water partition coefficient (Wildman–Crippen LogP) is 1.26. The Balaban J connectivity index is 2.55. The summed E-state index contributed by atoms with van der Waals surface area (Å²) in [4.78, 5) is 23.2. The minimum atomic E-state index is -0.825. The summed E-state index contributed by atoms with van der Waals surface area (Å²) in [5.74, 6) is -0.988. The fraction of sp³-hybridized carbons (Fsp3) is 0.308. The zero-order valence-electron chi connectivity index (χ0n) is 10.2. The molecule has 0 saturated carbocycles. The molecule has 0 aliphatic rings. The fourth-order valence-corrected chi connectivity index (χ4v) is 1.23. The first-order chi connectivity index (χ1) is 8.54. The van der Waals surface area contributed by atoms with Gasteiger partial charge in [-0.2, -0.15) is 5.26 Å². The molecule has 2 atom stereocenters. The lowest BCUT2D eigenvalue weighted by Crippen LogP contribution is -2.40. The van der Waals surface area contributed by atoms with Crippen LogP contribution in [0.5, 0.6) is 0 Å². The third-order valence-corrected chi connectivity index (χ3v) is 2.21. The third-order valence-electron chi connectivity index (χ3n) is 2.21. The topological polar surface area (TPSA) is 79.2 Å². The predicted molar refractivity (Wildman–Crippen MR) is 64.5 cm³/mol. The van der Waals surface area contributed by atoms with Crippen molar-refractivity contribution in [2.45, 2.75) is 26.0 Å². The monoisotopic (exact) mass is 246 g/mol. The van der Waals surface area contributed by atoms with Crippen LogP contribution >= 0.6 is 0 Å². The van der Waals surface area contributed by atoms with Crippen LogP contribution in [0.2, 0.25) is 0 Å². The Hall–Kier alpha value is -2.35. The summed E-state index contributed by atoms with van der Waals surface area (Å²) in [6.07, 6.45) is -0.825. The Bertz CT molecular complexity index is 465. The lowest BCUT2D eigenvalue weighted by molar-refractivity contribution is -0.147. The molecule has 0 saturated heterocycles. The molecule has 1 N–H and O–H groups in total. The van der Waals surface area contributed by atoms with Gasteiger partial charge in [-0.05, 0) is 26.0 Å². The zero-order chi connectivity index (χ0) is 13.5. The molecule has 5 nitrogen and oxygen atoms in total. The Labute approximate surface area is 105 Å². The fourth-order valence-electron chi connectivity index (χ4n) is 1.23. The molecule has 0 aliphatic heterocycles. The van der Waals surface area contributed by atoms with Crippen LogP contribution in [0.4, 0.5) is 0 Å². The van der Waals surface area contributed by atoms with Crippen molar-refractivity contribution in [2.24, 2.45) is 0 Å². The maximum Gasteiger partial charge on any atom is 0.329 e. The number of amides is 1. The van der Waals surface area contributed by atoms with E-state index in [-0.39, 0.29) is 5.91 Å². The standard InChI is InChI=1S/C13H14N2O3/c1-9(8-14)18-13(17)10(2)15-12(16)11-6-4-3-5-7-11/h3-7,9-10H,1-2H3,(H,15,16)/t9-,10-/m0/s1. The highest BCUT2D eigenvalue weighted by Gasteiger charge is 2.19. The first kappa shape index (κ1) is 13.7. The Morgan fingerprint density at radius 3 is 2.44 bits per heavy atom. The highest BCUT2D eigenvalue weighted by Crippen LogP contribution is 2.00. The Kier molecular flexibility index (Phi) is 4.88. The average Bonchev–Trinajstić information content (AvgIpc) is 2.39. The van der Waals surface area contributed by atoms with Crippen LogP contribution in [0.3, 0.4) is 0 Å². The molecule has 0 heterocycles. The summed E-state index contributed by atoms with van der Waals surface area (Å²) in [5.41, 5.74) is 0.463. The highest BCUT2D eigenvalue weighted by molar-refractivity contribution is 5.96. The van der Waals surface area contributed by atoms with Crippen molar-refractivity contribution in [1.82, 2.24) is 5.32 Å². The molecular weight excluding hydrogens is 232 g/mol. The van der Waals surface area contributed by atoms with Crippen molar-refractivity contribution in [3.63, 3.8) is 0 Å². The van der Waals surface area contributed by atoms with Crippen LogP contribution in [0.1, 0.15) is 24.2 Å². The van der Waals surface area contributed by atoms with Gasteiger partial charge in [0.25, 0.3) is 5.91 Å². The average molecular weight is 246 g/mol. The molecule has 0 fully saturated rings. The van der Waals surface area contributed by atoms with E-state index >= 15 is 0 Å². The Morgan fingerprint density at radius 2 is 1.89 bits per heavy atom. The van der Waals surface area contributed by atoms with Crippen molar-refractivity contribution in [2.75, 3.05) is 0 Å². The second kappa shape index (κ2) is 6.40. The molecular formula is C13H14N2O3. The van der Waals surface area contributed by atoms with Gasteiger partial charge < -0.3 is 10.1 Å². The maximum atomic E-state index is 11.7. The van der Waals surface area contributed by atoms with E-state index in [0.717, 1.165) is 0 Å². The number of nitrogens with zero attached hydrogens (tertiary/aromatic N) is 1. The number of benzene rings is 1. The summed E-state index contributed by atoms with van der Waals surface area (Å²) in [7, 11) is 0. The lowest BCUT2D eigenvalue weighted by Gasteiger charge is -2.14. The van der Waals surface area contributed by atoms with Crippen molar-refractivity contribution < 1.29 is 14.3 Å². The molecule has 1 rings (SSSR count). The van der Waals surface area contributed by atoms with Gasteiger partial charge >= 0.3 is 5.97 Å². The second-order valence-corrected chi connectivity index (χ2v) is 3.77. The van der Waals surface area contributed by atoms with Gasteiger partial charge in [0, 0.05) is 5.56 Å². The van der Waals surface area contributed by atoms with Crippen LogP contribution in [0.25, 0.3) is 0 Å². The summed E-state index contributed by atoms with van der Waals surface area (Å²) in [6.45, 7) is 2.97. The summed E-state index contributed by atoms with van der Waals surface area (Å²) in [6, 6.07) is 9.53. The number of carbonyl (C=O) groups is 2. The third kappa shape index (κ3) is 3.91. The van der Waals surface area contributed by atoms with E-state index in [9.17, 15) is 9.59 Å². The molecule has 0 unspecified atom stereocenters. The number of nitriles is 1. The molecule has 1 aromatic carbocycles. The number of ether oxygens (including phenoxy) is 1. The SMILES string of the molecule is C[C@H](NC(=O)c1ccccc1)C(=O)O[C@@H](C)C#N. The van der Waals surface area contributed by atoms with E-state index in [1.165, 1.54) is 13.8 Å². The minimum absolute atomic E-state index is 0.357. The van der Waals surface area contributed by atoms with Gasteiger partial charge in [-0.3, -0.25) is 4.79 Å². The van der Waals surface area contributed by atoms with E-state index in [0.29, 0.717) is 5.56 Å². The number of esters is 1. The van der Waals surface area contributed by atoms with E-state index in [4.69, 9.17) is 10.00 Å². The van der Waals surface area contributed by atoms with Crippen LogP contribution in [0.15, 0.2) is 30.3 Å². The number of nitrogens with one attached hydrogen (secondary N) is 1. The highest BCUT2D eigenvalue weighted by atomic mass is 16.5. The number of carbonyl (C=O) groups excluding carboxylic acids is 2. The second-order valence-electron chi connectivity index (χ2n) is 3.77.